The fraction of sp³-hybridized carbons (Fsp3) is 0.211. The molecule has 0 saturated carbocycles. The Morgan fingerprint density at radius 3 is 2.84 bits per heavy atom. The lowest BCUT2D eigenvalue weighted by atomic mass is 10.1. The molecule has 1 heterocycles. The molecule has 0 unspecified atom stereocenters. The zero-order valence-electron chi connectivity index (χ0n) is 13.8. The fourth-order valence-electron chi connectivity index (χ4n) is 2.48. The van der Waals surface area contributed by atoms with Crippen LogP contribution in [0.3, 0.4) is 0 Å². The average molecular weight is 339 g/mol. The Labute approximate surface area is 144 Å². The molecule has 0 radical (unpaired) electrons. The van der Waals surface area contributed by atoms with Crippen molar-refractivity contribution in [3.05, 3.63) is 65.8 Å². The van der Waals surface area contributed by atoms with Crippen LogP contribution in [0.4, 0.5) is 10.1 Å². The number of para-hydroxylation sites is 1. The summed E-state index contributed by atoms with van der Waals surface area (Å²) in [6.45, 7) is 2.04. The van der Waals surface area contributed by atoms with Gasteiger partial charge in [0.25, 0.3) is 0 Å². The van der Waals surface area contributed by atoms with Gasteiger partial charge in [-0.15, -0.1) is 0 Å². The molecule has 2 aromatic carbocycles. The van der Waals surface area contributed by atoms with Crippen molar-refractivity contribution < 1.29 is 13.7 Å². The van der Waals surface area contributed by atoms with Crippen molar-refractivity contribution in [3.63, 3.8) is 0 Å². The molecule has 25 heavy (non-hydrogen) atoms. The van der Waals surface area contributed by atoms with E-state index in [4.69, 9.17) is 4.52 Å². The van der Waals surface area contributed by atoms with Gasteiger partial charge >= 0.3 is 0 Å². The summed E-state index contributed by atoms with van der Waals surface area (Å²) >= 11 is 0. The number of benzene rings is 2. The average Bonchev–Trinajstić information content (AvgIpc) is 3.09. The summed E-state index contributed by atoms with van der Waals surface area (Å²) in [4.78, 5) is 16.3. The van der Waals surface area contributed by atoms with Gasteiger partial charge in [0, 0.05) is 24.1 Å². The second-order valence-electron chi connectivity index (χ2n) is 5.58. The van der Waals surface area contributed by atoms with Crippen LogP contribution >= 0.6 is 0 Å². The standard InChI is InChI=1S/C19H18FN3O2/c1-2-13-6-3-4-9-16(13)21-17(24)10-11-18-22-19(23-25-18)14-7-5-8-15(20)12-14/h3-9,12H,2,10-11H2,1H3,(H,21,24). The van der Waals surface area contributed by atoms with E-state index in [9.17, 15) is 9.18 Å². The van der Waals surface area contributed by atoms with Crippen LogP contribution in [-0.4, -0.2) is 16.0 Å². The van der Waals surface area contributed by atoms with Gasteiger partial charge in [0.1, 0.15) is 5.82 Å². The molecule has 0 saturated heterocycles. The Hall–Kier alpha value is -3.02. The lowest BCUT2D eigenvalue weighted by Gasteiger charge is -2.08. The van der Waals surface area contributed by atoms with Crippen LogP contribution in [-0.2, 0) is 17.6 Å². The molecule has 0 aliphatic heterocycles. The number of hydrogen-bond donors (Lipinski definition) is 1. The monoisotopic (exact) mass is 339 g/mol. The first-order valence-electron chi connectivity index (χ1n) is 8.12. The van der Waals surface area contributed by atoms with Gasteiger partial charge in [-0.05, 0) is 30.2 Å². The molecule has 1 aromatic heterocycles. The van der Waals surface area contributed by atoms with Crippen molar-refractivity contribution in [3.8, 4) is 11.4 Å². The third kappa shape index (κ3) is 4.29. The molecule has 6 heteroatoms. The van der Waals surface area contributed by atoms with E-state index in [1.807, 2.05) is 31.2 Å². The summed E-state index contributed by atoms with van der Waals surface area (Å²) in [7, 11) is 0. The Balaban J connectivity index is 1.59. The van der Waals surface area contributed by atoms with Crippen LogP contribution in [0.5, 0.6) is 0 Å². The van der Waals surface area contributed by atoms with Crippen LogP contribution in [0.2, 0.25) is 0 Å². The highest BCUT2D eigenvalue weighted by molar-refractivity contribution is 5.91. The zero-order valence-corrected chi connectivity index (χ0v) is 13.8. The summed E-state index contributed by atoms with van der Waals surface area (Å²) in [6.07, 6.45) is 1.39. The first-order valence-corrected chi connectivity index (χ1v) is 8.12. The summed E-state index contributed by atoms with van der Waals surface area (Å²) in [6, 6.07) is 13.7. The van der Waals surface area contributed by atoms with E-state index in [1.54, 1.807) is 12.1 Å². The molecular formula is C19H18FN3O2. The second-order valence-corrected chi connectivity index (χ2v) is 5.58. The third-order valence-corrected chi connectivity index (χ3v) is 3.79. The topological polar surface area (TPSA) is 68.0 Å². The van der Waals surface area contributed by atoms with Crippen LogP contribution in [0.25, 0.3) is 11.4 Å². The second kappa shape index (κ2) is 7.70. The Morgan fingerprint density at radius 2 is 2.04 bits per heavy atom. The molecular weight excluding hydrogens is 321 g/mol. The lowest BCUT2D eigenvalue weighted by Crippen LogP contribution is -2.13. The SMILES string of the molecule is CCc1ccccc1NC(=O)CCc1nc(-c2cccc(F)c2)no1. The summed E-state index contributed by atoms with van der Waals surface area (Å²) in [5.74, 6) is 0.175. The van der Waals surface area contributed by atoms with Crippen LogP contribution in [0, 0.1) is 5.82 Å². The predicted molar refractivity (Wildman–Crippen MR) is 92.5 cm³/mol. The Morgan fingerprint density at radius 1 is 1.20 bits per heavy atom. The van der Waals surface area contributed by atoms with E-state index in [-0.39, 0.29) is 18.1 Å². The number of hydrogen-bond acceptors (Lipinski definition) is 4. The van der Waals surface area contributed by atoms with E-state index < -0.39 is 0 Å². The normalized spacial score (nSPS) is 10.6. The van der Waals surface area contributed by atoms with E-state index in [2.05, 4.69) is 15.5 Å². The van der Waals surface area contributed by atoms with Crippen molar-refractivity contribution in [2.75, 3.05) is 5.32 Å². The number of rotatable bonds is 6. The molecule has 5 nitrogen and oxygen atoms in total. The number of aryl methyl sites for hydroxylation is 2. The first kappa shape index (κ1) is 16.8. The molecule has 3 rings (SSSR count). The van der Waals surface area contributed by atoms with Crippen LogP contribution in [0.1, 0.15) is 24.8 Å². The fourth-order valence-corrected chi connectivity index (χ4v) is 2.48. The van der Waals surface area contributed by atoms with Crippen LogP contribution in [0.15, 0.2) is 53.1 Å². The highest BCUT2D eigenvalue weighted by atomic mass is 19.1. The minimum atomic E-state index is -0.363. The van der Waals surface area contributed by atoms with Gasteiger partial charge in [-0.1, -0.05) is 42.4 Å². The summed E-state index contributed by atoms with van der Waals surface area (Å²) in [5, 5.41) is 6.73. The molecule has 0 fully saturated rings. The van der Waals surface area contributed by atoms with Gasteiger partial charge in [-0.3, -0.25) is 4.79 Å². The van der Waals surface area contributed by atoms with Gasteiger partial charge in [-0.25, -0.2) is 4.39 Å². The quantitative estimate of drug-likeness (QED) is 0.737. The molecule has 1 N–H and O–H groups in total. The van der Waals surface area contributed by atoms with Gasteiger partial charge in [-0.2, -0.15) is 4.98 Å². The minimum Gasteiger partial charge on any atom is -0.339 e. The van der Waals surface area contributed by atoms with Crippen molar-refractivity contribution >= 4 is 11.6 Å². The van der Waals surface area contributed by atoms with Gasteiger partial charge in [0.2, 0.25) is 17.6 Å². The molecule has 0 aliphatic carbocycles. The van der Waals surface area contributed by atoms with Crippen molar-refractivity contribution in [2.45, 2.75) is 26.2 Å². The maximum Gasteiger partial charge on any atom is 0.227 e. The Kier molecular flexibility index (Phi) is 5.18. The van der Waals surface area contributed by atoms with E-state index in [0.29, 0.717) is 23.7 Å². The van der Waals surface area contributed by atoms with Gasteiger partial charge < -0.3 is 9.84 Å². The smallest absolute Gasteiger partial charge is 0.227 e. The van der Waals surface area contributed by atoms with E-state index in [0.717, 1.165) is 17.7 Å². The molecule has 3 aromatic rings. The third-order valence-electron chi connectivity index (χ3n) is 3.79. The summed E-state index contributed by atoms with van der Waals surface area (Å²) in [5.41, 5.74) is 2.44. The predicted octanol–water partition coefficient (Wildman–Crippen LogP) is 4.01. The maximum absolute atomic E-state index is 13.2. The number of anilines is 1. The zero-order chi connectivity index (χ0) is 17.6. The first-order chi connectivity index (χ1) is 12.2. The van der Waals surface area contributed by atoms with E-state index in [1.165, 1.54) is 12.1 Å². The summed E-state index contributed by atoms with van der Waals surface area (Å²) < 4.78 is 18.4. The maximum atomic E-state index is 13.2. The van der Waals surface area contributed by atoms with Crippen LogP contribution < -0.4 is 5.32 Å². The molecule has 0 spiro atoms. The van der Waals surface area contributed by atoms with E-state index >= 15 is 0 Å². The van der Waals surface area contributed by atoms with Crippen molar-refractivity contribution in [1.29, 1.82) is 0 Å². The largest absolute Gasteiger partial charge is 0.339 e. The van der Waals surface area contributed by atoms with Crippen molar-refractivity contribution in [1.82, 2.24) is 10.1 Å². The molecule has 128 valence electrons. The number of carbonyl (C=O) groups excluding carboxylic acids is 1. The van der Waals surface area contributed by atoms with Gasteiger partial charge in [0.15, 0.2) is 0 Å². The molecule has 0 bridgehead atoms. The number of amides is 1. The highest BCUT2D eigenvalue weighted by Crippen LogP contribution is 2.18. The molecule has 1 amide bonds. The lowest BCUT2D eigenvalue weighted by molar-refractivity contribution is -0.116. The number of nitrogens with zero attached hydrogens (tertiary/aromatic N) is 2. The van der Waals surface area contributed by atoms with Crippen molar-refractivity contribution in [2.24, 2.45) is 0 Å². The number of nitrogens with one attached hydrogen (secondary N) is 1. The number of aromatic nitrogens is 2. The minimum absolute atomic E-state index is 0.119. The Bertz CT molecular complexity index is 876. The highest BCUT2D eigenvalue weighted by Gasteiger charge is 2.12. The molecule has 0 aliphatic rings. The number of carbonyl (C=O) groups is 1. The number of halogens is 1. The molecule has 0 atom stereocenters. The van der Waals surface area contributed by atoms with Gasteiger partial charge in [0.05, 0.1) is 0 Å².